The van der Waals surface area contributed by atoms with E-state index in [2.05, 4.69) is 10.4 Å². The van der Waals surface area contributed by atoms with Gasteiger partial charge in [-0.1, -0.05) is 17.7 Å². The highest BCUT2D eigenvalue weighted by atomic mass is 16.2. The molecular weight excluding hydrogens is 244 g/mol. The predicted molar refractivity (Wildman–Crippen MR) is 72.0 cm³/mol. The zero-order chi connectivity index (χ0) is 14.0. The number of carbonyl (C=O) groups excluding carboxylic acids is 1. The molecule has 1 heterocycles. The maximum absolute atomic E-state index is 11.9. The summed E-state index contributed by atoms with van der Waals surface area (Å²) in [5, 5.41) is 6.61. The minimum absolute atomic E-state index is 0.0903. The molecule has 1 N–H and O–H groups in total. The molecule has 0 radical (unpaired) electrons. The summed E-state index contributed by atoms with van der Waals surface area (Å²) in [6, 6.07) is 5.77. The first-order chi connectivity index (χ1) is 8.97. The molecule has 6 heteroatoms. The topological polar surface area (TPSA) is 68.9 Å². The molecule has 1 amide bonds. The van der Waals surface area contributed by atoms with Gasteiger partial charge in [-0.15, -0.1) is 0 Å². The second-order valence-electron chi connectivity index (χ2n) is 4.55. The van der Waals surface area contributed by atoms with Crippen molar-refractivity contribution in [1.29, 1.82) is 0 Å². The number of nitrogens with one attached hydrogen (secondary N) is 1. The van der Waals surface area contributed by atoms with Crippen LogP contribution in [0.5, 0.6) is 0 Å². The highest BCUT2D eigenvalue weighted by molar-refractivity contribution is 5.91. The lowest BCUT2D eigenvalue weighted by atomic mass is 10.1. The van der Waals surface area contributed by atoms with Gasteiger partial charge in [-0.25, -0.2) is 9.48 Å². The van der Waals surface area contributed by atoms with E-state index in [1.54, 1.807) is 7.05 Å². The maximum Gasteiger partial charge on any atom is 0.345 e. The molecule has 0 aliphatic carbocycles. The average Bonchev–Trinajstić information content (AvgIpc) is 2.65. The van der Waals surface area contributed by atoms with Crippen molar-refractivity contribution in [2.24, 2.45) is 7.05 Å². The lowest BCUT2D eigenvalue weighted by Crippen LogP contribution is -2.29. The first kappa shape index (κ1) is 13.1. The van der Waals surface area contributed by atoms with Crippen molar-refractivity contribution in [1.82, 2.24) is 14.3 Å². The molecule has 0 bridgehead atoms. The van der Waals surface area contributed by atoms with E-state index in [0.717, 1.165) is 21.5 Å². The molecule has 1 aromatic heterocycles. The third-order valence-electron chi connectivity index (χ3n) is 2.84. The largest absolute Gasteiger partial charge is 0.345 e. The van der Waals surface area contributed by atoms with Crippen molar-refractivity contribution in [3.05, 3.63) is 46.1 Å². The lowest BCUT2D eigenvalue weighted by molar-refractivity contribution is -0.117. The van der Waals surface area contributed by atoms with Gasteiger partial charge in [0.15, 0.2) is 0 Å². The van der Waals surface area contributed by atoms with Gasteiger partial charge in [-0.3, -0.25) is 9.36 Å². The zero-order valence-electron chi connectivity index (χ0n) is 11.2. The van der Waals surface area contributed by atoms with Crippen LogP contribution in [0, 0.1) is 13.8 Å². The Morgan fingerprint density at radius 1 is 1.37 bits per heavy atom. The number of nitrogens with zero attached hydrogens (tertiary/aromatic N) is 3. The summed E-state index contributed by atoms with van der Waals surface area (Å²) in [4.78, 5) is 23.4. The average molecular weight is 260 g/mol. The van der Waals surface area contributed by atoms with Crippen LogP contribution in [0.1, 0.15) is 11.1 Å². The van der Waals surface area contributed by atoms with Gasteiger partial charge in [-0.05, 0) is 25.5 Å². The summed E-state index contributed by atoms with van der Waals surface area (Å²) in [5.41, 5.74) is 2.56. The zero-order valence-corrected chi connectivity index (χ0v) is 11.2. The highest BCUT2D eigenvalue weighted by Crippen LogP contribution is 2.15. The minimum Gasteiger partial charge on any atom is -0.324 e. The summed E-state index contributed by atoms with van der Waals surface area (Å²) in [6.45, 7) is 3.83. The van der Waals surface area contributed by atoms with Gasteiger partial charge < -0.3 is 5.32 Å². The molecular formula is C13H16N4O2. The summed E-state index contributed by atoms with van der Waals surface area (Å²) >= 11 is 0. The summed E-state index contributed by atoms with van der Waals surface area (Å²) in [7, 11) is 1.59. The number of rotatable bonds is 3. The highest BCUT2D eigenvalue weighted by Gasteiger charge is 2.09. The van der Waals surface area contributed by atoms with Gasteiger partial charge in [0, 0.05) is 12.7 Å². The van der Waals surface area contributed by atoms with Crippen LogP contribution in [0.2, 0.25) is 0 Å². The van der Waals surface area contributed by atoms with Crippen LogP contribution in [-0.4, -0.2) is 20.3 Å². The molecule has 0 aliphatic heterocycles. The van der Waals surface area contributed by atoms with Crippen molar-refractivity contribution in [3.8, 4) is 0 Å². The number of hydrogen-bond donors (Lipinski definition) is 1. The van der Waals surface area contributed by atoms with Crippen molar-refractivity contribution in [3.63, 3.8) is 0 Å². The van der Waals surface area contributed by atoms with E-state index in [4.69, 9.17) is 0 Å². The molecule has 0 saturated heterocycles. The van der Waals surface area contributed by atoms with Gasteiger partial charge in [0.2, 0.25) is 5.91 Å². The Morgan fingerprint density at radius 3 is 2.68 bits per heavy atom. The second-order valence-corrected chi connectivity index (χ2v) is 4.55. The molecule has 2 rings (SSSR count). The molecule has 0 unspecified atom stereocenters. The maximum atomic E-state index is 11.9. The van der Waals surface area contributed by atoms with Crippen molar-refractivity contribution >= 4 is 11.6 Å². The second kappa shape index (κ2) is 5.09. The fourth-order valence-corrected chi connectivity index (χ4v) is 1.81. The number of amides is 1. The Balaban J connectivity index is 2.09. The Bertz CT molecular complexity index is 670. The normalized spacial score (nSPS) is 10.5. The minimum atomic E-state index is -0.309. The Hall–Kier alpha value is -2.37. The van der Waals surface area contributed by atoms with Crippen molar-refractivity contribution in [2.45, 2.75) is 20.4 Å². The number of aromatic nitrogens is 3. The molecule has 0 saturated carbocycles. The first-order valence-electron chi connectivity index (χ1n) is 5.93. The third-order valence-corrected chi connectivity index (χ3v) is 2.84. The van der Waals surface area contributed by atoms with Gasteiger partial charge in [0.05, 0.1) is 0 Å². The molecule has 0 spiro atoms. The fourth-order valence-electron chi connectivity index (χ4n) is 1.81. The summed E-state index contributed by atoms with van der Waals surface area (Å²) in [5.74, 6) is -0.271. The van der Waals surface area contributed by atoms with Crippen LogP contribution >= 0.6 is 0 Å². The van der Waals surface area contributed by atoms with E-state index >= 15 is 0 Å². The molecule has 19 heavy (non-hydrogen) atoms. The van der Waals surface area contributed by atoms with Crippen molar-refractivity contribution in [2.75, 3.05) is 5.32 Å². The molecule has 100 valence electrons. The molecule has 0 aliphatic rings. The standard InChI is InChI=1S/C13H16N4O2/c1-9-4-5-11(10(2)6-9)15-12(18)7-17-13(19)16(3)8-14-17/h4-6,8H,7H2,1-3H3,(H,15,18). The van der Waals surface area contributed by atoms with Crippen LogP contribution < -0.4 is 11.0 Å². The molecule has 2 aromatic rings. The summed E-state index contributed by atoms with van der Waals surface area (Å²) in [6.07, 6.45) is 1.38. The Labute approximate surface area is 110 Å². The SMILES string of the molecule is Cc1ccc(NC(=O)Cn2ncn(C)c2=O)c(C)c1. The van der Waals surface area contributed by atoms with Gasteiger partial charge in [-0.2, -0.15) is 5.10 Å². The number of anilines is 1. The van der Waals surface area contributed by atoms with Crippen molar-refractivity contribution < 1.29 is 4.79 Å². The van der Waals surface area contributed by atoms with E-state index in [-0.39, 0.29) is 18.1 Å². The van der Waals surface area contributed by atoms with E-state index in [1.165, 1.54) is 10.9 Å². The smallest absolute Gasteiger partial charge is 0.324 e. The number of aryl methyl sites for hydroxylation is 3. The molecule has 0 atom stereocenters. The van der Waals surface area contributed by atoms with Crippen LogP contribution in [-0.2, 0) is 18.4 Å². The van der Waals surface area contributed by atoms with Gasteiger partial charge in [0.25, 0.3) is 0 Å². The quantitative estimate of drug-likeness (QED) is 0.889. The number of benzene rings is 1. The predicted octanol–water partition coefficient (Wildman–Crippen LogP) is 0.837. The Morgan fingerprint density at radius 2 is 2.11 bits per heavy atom. The molecule has 0 fully saturated rings. The van der Waals surface area contributed by atoms with Crippen LogP contribution in [0.4, 0.5) is 5.69 Å². The number of hydrogen-bond acceptors (Lipinski definition) is 3. The van der Waals surface area contributed by atoms with Gasteiger partial charge >= 0.3 is 5.69 Å². The van der Waals surface area contributed by atoms with E-state index in [9.17, 15) is 9.59 Å². The molecule has 1 aromatic carbocycles. The van der Waals surface area contributed by atoms with Gasteiger partial charge in [0.1, 0.15) is 12.9 Å². The van der Waals surface area contributed by atoms with Crippen LogP contribution in [0.15, 0.2) is 29.3 Å². The number of carbonyl (C=O) groups is 1. The van der Waals surface area contributed by atoms with Crippen LogP contribution in [0.25, 0.3) is 0 Å². The fraction of sp³-hybridized carbons (Fsp3) is 0.308. The Kier molecular flexibility index (Phi) is 3.50. The molecule has 6 nitrogen and oxygen atoms in total. The first-order valence-corrected chi connectivity index (χ1v) is 5.93. The van der Waals surface area contributed by atoms with E-state index < -0.39 is 0 Å². The van der Waals surface area contributed by atoms with E-state index in [1.807, 2.05) is 32.0 Å². The third kappa shape index (κ3) is 2.90. The monoisotopic (exact) mass is 260 g/mol. The van der Waals surface area contributed by atoms with E-state index in [0.29, 0.717) is 0 Å². The van der Waals surface area contributed by atoms with Crippen LogP contribution in [0.3, 0.4) is 0 Å². The lowest BCUT2D eigenvalue weighted by Gasteiger charge is -2.08. The summed E-state index contributed by atoms with van der Waals surface area (Å²) < 4.78 is 2.45.